The van der Waals surface area contributed by atoms with Crippen molar-refractivity contribution in [2.24, 2.45) is 11.8 Å². The van der Waals surface area contributed by atoms with Gasteiger partial charge >= 0.3 is 0 Å². The second-order valence-corrected chi connectivity index (χ2v) is 4.34. The van der Waals surface area contributed by atoms with Crippen molar-refractivity contribution in [2.45, 2.75) is 38.6 Å². The average molecular weight is 171 g/mol. The van der Waals surface area contributed by atoms with E-state index >= 15 is 0 Å². The van der Waals surface area contributed by atoms with Crippen LogP contribution >= 0.6 is 0 Å². The van der Waals surface area contributed by atoms with E-state index in [0.717, 1.165) is 12.3 Å². The van der Waals surface area contributed by atoms with Crippen molar-refractivity contribution in [3.8, 4) is 0 Å². The summed E-state index contributed by atoms with van der Waals surface area (Å²) in [6.07, 6.45) is 3.59. The molecule has 3 atom stereocenters. The van der Waals surface area contributed by atoms with E-state index in [4.69, 9.17) is 0 Å². The van der Waals surface area contributed by atoms with Gasteiger partial charge < -0.3 is 10.4 Å². The Balaban J connectivity index is 2.64. The standard InChI is InChI=1S/C10H21NO/c1-8-4-5-10(7-12,11-3)9(2)6-8/h8-9,11-12H,4-7H2,1-3H3. The second kappa shape index (κ2) is 3.75. The zero-order valence-electron chi connectivity index (χ0n) is 8.43. The van der Waals surface area contributed by atoms with Gasteiger partial charge in [0.05, 0.1) is 6.61 Å². The first kappa shape index (κ1) is 10.0. The highest BCUT2D eigenvalue weighted by Crippen LogP contribution is 2.35. The Labute approximate surface area is 75.4 Å². The molecule has 0 aromatic rings. The van der Waals surface area contributed by atoms with Gasteiger partial charge in [0.25, 0.3) is 0 Å². The minimum absolute atomic E-state index is 0.00646. The molecule has 0 aromatic carbocycles. The Morgan fingerprint density at radius 1 is 1.50 bits per heavy atom. The van der Waals surface area contributed by atoms with Gasteiger partial charge in [-0.2, -0.15) is 0 Å². The topological polar surface area (TPSA) is 32.3 Å². The number of aliphatic hydroxyl groups is 1. The van der Waals surface area contributed by atoms with Crippen molar-refractivity contribution >= 4 is 0 Å². The summed E-state index contributed by atoms with van der Waals surface area (Å²) in [5.41, 5.74) is 0.00646. The third-order valence-corrected chi connectivity index (χ3v) is 3.56. The average Bonchev–Trinajstić information content (AvgIpc) is 2.06. The Morgan fingerprint density at radius 3 is 2.58 bits per heavy atom. The van der Waals surface area contributed by atoms with E-state index in [9.17, 15) is 5.11 Å². The Morgan fingerprint density at radius 2 is 2.17 bits per heavy atom. The number of rotatable bonds is 2. The summed E-state index contributed by atoms with van der Waals surface area (Å²) in [5.74, 6) is 1.42. The van der Waals surface area contributed by atoms with Crippen LogP contribution < -0.4 is 5.32 Å². The maximum Gasteiger partial charge on any atom is 0.0615 e. The SMILES string of the molecule is CNC1(CO)CCC(C)CC1C. The fourth-order valence-corrected chi connectivity index (χ4v) is 2.38. The molecule has 2 nitrogen and oxygen atoms in total. The van der Waals surface area contributed by atoms with E-state index in [0.29, 0.717) is 5.92 Å². The molecule has 0 heterocycles. The first-order valence-corrected chi connectivity index (χ1v) is 4.94. The number of nitrogens with one attached hydrogen (secondary N) is 1. The molecule has 0 aromatic heterocycles. The van der Waals surface area contributed by atoms with E-state index in [1.54, 1.807) is 0 Å². The van der Waals surface area contributed by atoms with Gasteiger partial charge in [-0.25, -0.2) is 0 Å². The lowest BCUT2D eigenvalue weighted by Gasteiger charge is -2.43. The Kier molecular flexibility index (Phi) is 3.13. The first-order chi connectivity index (χ1) is 5.64. The summed E-state index contributed by atoms with van der Waals surface area (Å²) in [4.78, 5) is 0. The smallest absolute Gasteiger partial charge is 0.0615 e. The molecule has 0 bridgehead atoms. The van der Waals surface area contributed by atoms with Crippen molar-refractivity contribution in [3.63, 3.8) is 0 Å². The van der Waals surface area contributed by atoms with Gasteiger partial charge in [0, 0.05) is 5.54 Å². The normalized spacial score (nSPS) is 43.0. The fourth-order valence-electron chi connectivity index (χ4n) is 2.38. The lowest BCUT2D eigenvalue weighted by molar-refractivity contribution is 0.0640. The molecule has 3 unspecified atom stereocenters. The molecule has 0 spiro atoms. The summed E-state index contributed by atoms with van der Waals surface area (Å²) in [6, 6.07) is 0. The minimum Gasteiger partial charge on any atom is -0.394 e. The Bertz CT molecular complexity index is 143. The predicted molar refractivity (Wildman–Crippen MR) is 51.1 cm³/mol. The molecule has 1 rings (SSSR count). The van der Waals surface area contributed by atoms with Gasteiger partial charge in [-0.1, -0.05) is 13.8 Å². The van der Waals surface area contributed by atoms with Gasteiger partial charge in [-0.15, -0.1) is 0 Å². The zero-order valence-corrected chi connectivity index (χ0v) is 8.43. The molecule has 0 aliphatic heterocycles. The molecule has 1 aliphatic rings. The largest absolute Gasteiger partial charge is 0.394 e. The molecular weight excluding hydrogens is 150 g/mol. The molecule has 1 fully saturated rings. The fraction of sp³-hybridized carbons (Fsp3) is 1.00. The third kappa shape index (κ3) is 1.64. The highest BCUT2D eigenvalue weighted by Gasteiger charge is 2.38. The lowest BCUT2D eigenvalue weighted by Crippen LogP contribution is -2.54. The molecule has 1 saturated carbocycles. The summed E-state index contributed by atoms with van der Waals surface area (Å²) < 4.78 is 0. The number of hydrogen-bond acceptors (Lipinski definition) is 2. The number of aliphatic hydroxyl groups excluding tert-OH is 1. The quantitative estimate of drug-likeness (QED) is 0.658. The minimum atomic E-state index is 0.00646. The van der Waals surface area contributed by atoms with Crippen LogP contribution in [-0.4, -0.2) is 24.3 Å². The van der Waals surface area contributed by atoms with Gasteiger partial charge in [0.15, 0.2) is 0 Å². The van der Waals surface area contributed by atoms with Crippen molar-refractivity contribution in [1.29, 1.82) is 0 Å². The summed E-state index contributed by atoms with van der Waals surface area (Å²) in [7, 11) is 1.96. The molecule has 0 amide bonds. The predicted octanol–water partition coefficient (Wildman–Crippen LogP) is 1.39. The molecule has 0 radical (unpaired) electrons. The van der Waals surface area contributed by atoms with Crippen molar-refractivity contribution in [2.75, 3.05) is 13.7 Å². The molecule has 2 N–H and O–H groups in total. The molecule has 1 aliphatic carbocycles. The van der Waals surface area contributed by atoms with Gasteiger partial charge in [0.1, 0.15) is 0 Å². The second-order valence-electron chi connectivity index (χ2n) is 4.34. The van der Waals surface area contributed by atoms with Crippen LogP contribution in [0, 0.1) is 11.8 Å². The van der Waals surface area contributed by atoms with Crippen LogP contribution in [0.5, 0.6) is 0 Å². The summed E-state index contributed by atoms with van der Waals surface area (Å²) in [5, 5.41) is 12.6. The highest BCUT2D eigenvalue weighted by molar-refractivity contribution is 4.95. The van der Waals surface area contributed by atoms with Gasteiger partial charge in [-0.3, -0.25) is 0 Å². The molecule has 12 heavy (non-hydrogen) atoms. The van der Waals surface area contributed by atoms with E-state index in [-0.39, 0.29) is 12.1 Å². The van der Waals surface area contributed by atoms with Crippen LogP contribution in [0.4, 0.5) is 0 Å². The molecule has 0 saturated heterocycles. The molecule has 72 valence electrons. The zero-order chi connectivity index (χ0) is 9.19. The summed E-state index contributed by atoms with van der Waals surface area (Å²) in [6.45, 7) is 4.81. The van der Waals surface area contributed by atoms with Gasteiger partial charge in [0.2, 0.25) is 0 Å². The van der Waals surface area contributed by atoms with Gasteiger partial charge in [-0.05, 0) is 38.1 Å². The third-order valence-electron chi connectivity index (χ3n) is 3.56. The van der Waals surface area contributed by atoms with Crippen LogP contribution in [0.2, 0.25) is 0 Å². The molecule has 2 heteroatoms. The van der Waals surface area contributed by atoms with Crippen molar-refractivity contribution in [3.05, 3.63) is 0 Å². The van der Waals surface area contributed by atoms with E-state index < -0.39 is 0 Å². The monoisotopic (exact) mass is 171 g/mol. The Hall–Kier alpha value is -0.0800. The van der Waals surface area contributed by atoms with Crippen LogP contribution in [0.25, 0.3) is 0 Å². The first-order valence-electron chi connectivity index (χ1n) is 4.94. The van der Waals surface area contributed by atoms with Crippen molar-refractivity contribution in [1.82, 2.24) is 5.32 Å². The maximum absolute atomic E-state index is 9.34. The van der Waals surface area contributed by atoms with E-state index in [2.05, 4.69) is 19.2 Å². The van der Waals surface area contributed by atoms with Crippen LogP contribution in [-0.2, 0) is 0 Å². The van der Waals surface area contributed by atoms with E-state index in [1.807, 2.05) is 7.05 Å². The summed E-state index contributed by atoms with van der Waals surface area (Å²) >= 11 is 0. The maximum atomic E-state index is 9.34. The molecular formula is C10H21NO. The van der Waals surface area contributed by atoms with E-state index in [1.165, 1.54) is 12.8 Å². The lowest BCUT2D eigenvalue weighted by atomic mass is 9.70. The number of likely N-dealkylation sites (N-methyl/N-ethyl adjacent to an activating group) is 1. The highest BCUT2D eigenvalue weighted by atomic mass is 16.3. The van der Waals surface area contributed by atoms with Crippen LogP contribution in [0.15, 0.2) is 0 Å². The van der Waals surface area contributed by atoms with Crippen LogP contribution in [0.1, 0.15) is 33.1 Å². The van der Waals surface area contributed by atoms with Crippen molar-refractivity contribution < 1.29 is 5.11 Å². The number of hydrogen-bond donors (Lipinski definition) is 2. The van der Waals surface area contributed by atoms with Crippen LogP contribution in [0.3, 0.4) is 0 Å².